The van der Waals surface area contributed by atoms with Gasteiger partial charge in [-0.1, -0.05) is 17.7 Å². The first-order chi connectivity index (χ1) is 11.7. The number of nitrogens with one attached hydrogen (secondary N) is 1. The Morgan fingerprint density at radius 3 is 2.32 bits per heavy atom. The lowest BCUT2D eigenvalue weighted by Gasteiger charge is -2.14. The zero-order chi connectivity index (χ0) is 18.6. The number of hydrogen-bond donors (Lipinski definition) is 2. The third-order valence-corrected chi connectivity index (χ3v) is 4.29. The molecule has 1 atom stereocenters. The fourth-order valence-electron chi connectivity index (χ4n) is 2.03. The van der Waals surface area contributed by atoms with Crippen LogP contribution in [-0.4, -0.2) is 26.4 Å². The van der Waals surface area contributed by atoms with Crippen molar-refractivity contribution in [3.8, 4) is 0 Å². The number of rotatable bonds is 5. The van der Waals surface area contributed by atoms with Gasteiger partial charge in [0.1, 0.15) is 0 Å². The number of ether oxygens (including phenoxy) is 1. The molecular weight excluding hydrogens is 344 g/mol. The summed E-state index contributed by atoms with van der Waals surface area (Å²) in [4.78, 5) is 24.1. The van der Waals surface area contributed by atoms with Gasteiger partial charge in [0.2, 0.25) is 10.0 Å². The van der Waals surface area contributed by atoms with Crippen LogP contribution in [0.2, 0.25) is 0 Å². The Balaban J connectivity index is 1.99. The number of anilines is 1. The van der Waals surface area contributed by atoms with Crippen molar-refractivity contribution in [2.24, 2.45) is 5.14 Å². The molecule has 0 radical (unpaired) electrons. The summed E-state index contributed by atoms with van der Waals surface area (Å²) in [5.41, 5.74) is 1.62. The fraction of sp³-hybridized carbons (Fsp3) is 0.176. The van der Waals surface area contributed by atoms with Crippen LogP contribution in [0.15, 0.2) is 53.4 Å². The standard InChI is InChI=1S/C17H18N2O5S/c1-11-4-3-5-13(10-11)17(21)24-12(2)16(20)19-14-6-8-15(9-7-14)25(18,22)23/h3-10,12H,1-2H3,(H,19,20)(H2,18,22,23)/t12-/m0/s1. The minimum atomic E-state index is -3.80. The number of carbonyl (C=O) groups excluding carboxylic acids is 2. The quantitative estimate of drug-likeness (QED) is 0.787. The van der Waals surface area contributed by atoms with Crippen molar-refractivity contribution in [3.63, 3.8) is 0 Å². The predicted molar refractivity (Wildman–Crippen MR) is 92.5 cm³/mol. The second kappa shape index (κ2) is 7.45. The highest BCUT2D eigenvalue weighted by Crippen LogP contribution is 2.14. The smallest absolute Gasteiger partial charge is 0.338 e. The van der Waals surface area contributed by atoms with Gasteiger partial charge in [-0.3, -0.25) is 4.79 Å². The highest BCUT2D eigenvalue weighted by molar-refractivity contribution is 7.89. The van der Waals surface area contributed by atoms with Gasteiger partial charge >= 0.3 is 5.97 Å². The second-order valence-corrected chi connectivity index (χ2v) is 7.04. The monoisotopic (exact) mass is 362 g/mol. The molecule has 0 spiro atoms. The normalized spacial score (nSPS) is 12.3. The molecule has 0 aliphatic rings. The van der Waals surface area contributed by atoms with Gasteiger partial charge in [-0.15, -0.1) is 0 Å². The van der Waals surface area contributed by atoms with Gasteiger partial charge in [0.15, 0.2) is 6.10 Å². The molecule has 0 aliphatic heterocycles. The summed E-state index contributed by atoms with van der Waals surface area (Å²) >= 11 is 0. The second-order valence-electron chi connectivity index (χ2n) is 5.48. The first-order valence-electron chi connectivity index (χ1n) is 7.38. The average molecular weight is 362 g/mol. The Labute approximate surface area is 145 Å². The molecule has 0 aromatic heterocycles. The zero-order valence-electron chi connectivity index (χ0n) is 13.7. The minimum absolute atomic E-state index is 0.0653. The predicted octanol–water partition coefficient (Wildman–Crippen LogP) is 1.83. The number of primary sulfonamides is 1. The Kier molecular flexibility index (Phi) is 5.55. The lowest BCUT2D eigenvalue weighted by atomic mass is 10.1. The van der Waals surface area contributed by atoms with Crippen LogP contribution in [0.5, 0.6) is 0 Å². The van der Waals surface area contributed by atoms with Gasteiger partial charge in [0.25, 0.3) is 5.91 Å². The van der Waals surface area contributed by atoms with Gasteiger partial charge in [0.05, 0.1) is 10.5 Å². The van der Waals surface area contributed by atoms with Crippen molar-refractivity contribution in [2.45, 2.75) is 24.8 Å². The number of carbonyl (C=O) groups is 2. The van der Waals surface area contributed by atoms with Crippen molar-refractivity contribution in [1.82, 2.24) is 0 Å². The SMILES string of the molecule is Cc1cccc(C(=O)O[C@@H](C)C(=O)Nc2ccc(S(N)(=O)=O)cc2)c1. The summed E-state index contributed by atoms with van der Waals surface area (Å²) in [5.74, 6) is -1.14. The summed E-state index contributed by atoms with van der Waals surface area (Å²) in [5, 5.41) is 7.54. The fourth-order valence-corrected chi connectivity index (χ4v) is 2.54. The highest BCUT2D eigenvalue weighted by atomic mass is 32.2. The molecule has 25 heavy (non-hydrogen) atoms. The van der Waals surface area contributed by atoms with Crippen LogP contribution >= 0.6 is 0 Å². The average Bonchev–Trinajstić information content (AvgIpc) is 2.54. The number of sulfonamides is 1. The molecule has 0 heterocycles. The van der Waals surface area contributed by atoms with E-state index in [1.54, 1.807) is 18.2 Å². The molecule has 132 valence electrons. The lowest BCUT2D eigenvalue weighted by molar-refractivity contribution is -0.123. The molecule has 3 N–H and O–H groups in total. The number of aryl methyl sites for hydroxylation is 1. The van der Waals surface area contributed by atoms with E-state index in [0.29, 0.717) is 11.3 Å². The maximum atomic E-state index is 12.1. The van der Waals surface area contributed by atoms with E-state index in [1.807, 2.05) is 13.0 Å². The van der Waals surface area contributed by atoms with Gasteiger partial charge in [-0.2, -0.15) is 0 Å². The first-order valence-corrected chi connectivity index (χ1v) is 8.93. The number of nitrogens with two attached hydrogens (primary N) is 1. The highest BCUT2D eigenvalue weighted by Gasteiger charge is 2.19. The van der Waals surface area contributed by atoms with Crippen LogP contribution in [0.1, 0.15) is 22.8 Å². The summed E-state index contributed by atoms with van der Waals surface area (Å²) < 4.78 is 27.5. The van der Waals surface area contributed by atoms with Gasteiger partial charge in [0, 0.05) is 5.69 Å². The van der Waals surface area contributed by atoms with Gasteiger partial charge in [-0.05, 0) is 50.2 Å². The number of esters is 1. The molecule has 2 aromatic rings. The maximum Gasteiger partial charge on any atom is 0.338 e. The topological polar surface area (TPSA) is 116 Å². The molecule has 2 aromatic carbocycles. The molecule has 0 bridgehead atoms. The maximum absolute atomic E-state index is 12.1. The number of amides is 1. The Morgan fingerprint density at radius 2 is 1.76 bits per heavy atom. The Bertz CT molecular complexity index is 892. The summed E-state index contributed by atoms with van der Waals surface area (Å²) in [6, 6.07) is 12.2. The molecule has 2 rings (SSSR count). The van der Waals surface area contributed by atoms with Crippen LogP contribution < -0.4 is 10.5 Å². The molecular formula is C17H18N2O5S. The third kappa shape index (κ3) is 5.13. The molecule has 0 saturated carbocycles. The molecule has 0 unspecified atom stereocenters. The Morgan fingerprint density at radius 1 is 1.12 bits per heavy atom. The van der Waals surface area contributed by atoms with E-state index in [1.165, 1.54) is 31.2 Å². The lowest BCUT2D eigenvalue weighted by Crippen LogP contribution is -2.30. The summed E-state index contributed by atoms with van der Waals surface area (Å²) in [6.07, 6.45) is -1.02. The molecule has 0 fully saturated rings. The first kappa shape index (κ1) is 18.6. The van der Waals surface area contributed by atoms with E-state index in [-0.39, 0.29) is 4.90 Å². The van der Waals surface area contributed by atoms with Crippen LogP contribution in [0, 0.1) is 6.92 Å². The minimum Gasteiger partial charge on any atom is -0.449 e. The summed E-state index contributed by atoms with van der Waals surface area (Å²) in [6.45, 7) is 3.29. The van der Waals surface area contributed by atoms with E-state index in [9.17, 15) is 18.0 Å². The van der Waals surface area contributed by atoms with Crippen molar-refractivity contribution in [2.75, 3.05) is 5.32 Å². The largest absolute Gasteiger partial charge is 0.449 e. The van der Waals surface area contributed by atoms with E-state index >= 15 is 0 Å². The third-order valence-electron chi connectivity index (χ3n) is 3.36. The van der Waals surface area contributed by atoms with Gasteiger partial charge < -0.3 is 10.1 Å². The zero-order valence-corrected chi connectivity index (χ0v) is 14.5. The molecule has 0 saturated heterocycles. The van der Waals surface area contributed by atoms with Gasteiger partial charge in [-0.25, -0.2) is 18.4 Å². The van der Waals surface area contributed by atoms with Crippen LogP contribution in [-0.2, 0) is 19.6 Å². The van der Waals surface area contributed by atoms with Crippen molar-refractivity contribution >= 4 is 27.6 Å². The van der Waals surface area contributed by atoms with E-state index in [4.69, 9.17) is 9.88 Å². The van der Waals surface area contributed by atoms with Crippen LogP contribution in [0.25, 0.3) is 0 Å². The number of hydrogen-bond acceptors (Lipinski definition) is 5. The summed E-state index contributed by atoms with van der Waals surface area (Å²) in [7, 11) is -3.80. The van der Waals surface area contributed by atoms with E-state index in [0.717, 1.165) is 5.56 Å². The Hall–Kier alpha value is -2.71. The molecule has 0 aliphatic carbocycles. The molecule has 1 amide bonds. The van der Waals surface area contributed by atoms with Crippen LogP contribution in [0.4, 0.5) is 5.69 Å². The van der Waals surface area contributed by atoms with Crippen LogP contribution in [0.3, 0.4) is 0 Å². The van der Waals surface area contributed by atoms with E-state index < -0.39 is 28.0 Å². The van der Waals surface area contributed by atoms with Crippen molar-refractivity contribution in [3.05, 3.63) is 59.7 Å². The van der Waals surface area contributed by atoms with Crippen molar-refractivity contribution < 1.29 is 22.7 Å². The van der Waals surface area contributed by atoms with Crippen molar-refractivity contribution in [1.29, 1.82) is 0 Å². The molecule has 7 nitrogen and oxygen atoms in total. The molecule has 8 heteroatoms. The number of benzene rings is 2. The van der Waals surface area contributed by atoms with E-state index in [2.05, 4.69) is 5.32 Å².